The van der Waals surface area contributed by atoms with Crippen LogP contribution in [-0.2, 0) is 0 Å². The summed E-state index contributed by atoms with van der Waals surface area (Å²) in [7, 11) is 0. The zero-order valence-corrected chi connectivity index (χ0v) is 13.9. The van der Waals surface area contributed by atoms with Gasteiger partial charge in [-0.2, -0.15) is 0 Å². The van der Waals surface area contributed by atoms with Crippen molar-refractivity contribution in [3.05, 3.63) is 0 Å². The van der Waals surface area contributed by atoms with Crippen molar-refractivity contribution in [2.75, 3.05) is 31.9 Å². The van der Waals surface area contributed by atoms with E-state index in [2.05, 4.69) is 20.8 Å². The van der Waals surface area contributed by atoms with Crippen LogP contribution < -0.4 is 28.1 Å². The Bertz CT molecular complexity index is 155. The SMILES string of the molecule is Br.CC[N+](CC)(CC)CCSC(N)=[NH2+].[Br-]. The summed E-state index contributed by atoms with van der Waals surface area (Å²) in [6.45, 7) is 11.5. The van der Waals surface area contributed by atoms with E-state index in [1.165, 1.54) is 24.1 Å². The number of nitrogens with zero attached hydrogens (tertiary/aromatic N) is 1. The molecule has 0 aliphatic rings. The molecule has 0 unspecified atom stereocenters. The number of thioether (sulfide) groups is 1. The fourth-order valence-corrected chi connectivity index (χ4v) is 2.22. The van der Waals surface area contributed by atoms with Gasteiger partial charge >= 0.3 is 0 Å². The van der Waals surface area contributed by atoms with Gasteiger partial charge in [-0.05, 0) is 32.5 Å². The van der Waals surface area contributed by atoms with Gasteiger partial charge in [-0.1, -0.05) is 0 Å². The molecule has 0 aliphatic heterocycles. The number of hydrogen-bond acceptors (Lipinski definition) is 1. The summed E-state index contributed by atoms with van der Waals surface area (Å²) >= 11 is 1.56. The lowest BCUT2D eigenvalue weighted by Gasteiger charge is -2.35. The molecule has 3 nitrogen and oxygen atoms in total. The monoisotopic (exact) mass is 364 g/mol. The van der Waals surface area contributed by atoms with E-state index in [-0.39, 0.29) is 34.0 Å². The quantitative estimate of drug-likeness (QED) is 0.304. The molecule has 0 saturated carbocycles. The van der Waals surface area contributed by atoms with Gasteiger partial charge in [0.2, 0.25) is 0 Å². The molecule has 0 heterocycles. The van der Waals surface area contributed by atoms with Crippen molar-refractivity contribution in [3.8, 4) is 0 Å². The molecule has 0 amide bonds. The summed E-state index contributed by atoms with van der Waals surface area (Å²) in [5, 5.41) is 5.88. The third-order valence-electron chi connectivity index (χ3n) is 2.85. The van der Waals surface area contributed by atoms with Gasteiger partial charge in [-0.25, -0.2) is 0 Å². The second kappa shape index (κ2) is 11.2. The zero-order chi connectivity index (χ0) is 10.3. The van der Waals surface area contributed by atoms with Crippen LogP contribution in [0.3, 0.4) is 0 Å². The molecular weight excluding hydrogens is 342 g/mol. The van der Waals surface area contributed by atoms with Crippen LogP contribution in [0.15, 0.2) is 0 Å². The average molecular weight is 366 g/mol. The molecule has 0 saturated heterocycles. The molecule has 6 heteroatoms. The summed E-state index contributed by atoms with van der Waals surface area (Å²) in [6, 6.07) is 0. The summed E-state index contributed by atoms with van der Waals surface area (Å²) in [6.07, 6.45) is 0. The first-order chi connectivity index (χ1) is 6.10. The Hall–Kier alpha value is 0.740. The first kappa shape index (κ1) is 21.1. The molecular formula is C9H24Br2N3S+. The van der Waals surface area contributed by atoms with E-state index in [0.29, 0.717) is 5.17 Å². The highest BCUT2D eigenvalue weighted by molar-refractivity contribution is 8.93. The standard InChI is InChI=1S/C9H22N3S.2BrH/c1-4-12(5-2,6-3)7-8-13-9(10)11;;/h4-8H2,1-3H3,(H3,10,11);2*1H/q+1;;. The van der Waals surface area contributed by atoms with Crippen LogP contribution in [0.2, 0.25) is 0 Å². The lowest BCUT2D eigenvalue weighted by atomic mass is 10.3. The topological polar surface area (TPSA) is 51.6 Å². The maximum Gasteiger partial charge on any atom is 0.299 e. The molecule has 94 valence electrons. The number of hydrogen-bond donors (Lipinski definition) is 2. The predicted octanol–water partition coefficient (Wildman–Crippen LogP) is -2.75. The first-order valence-corrected chi connectivity index (χ1v) is 5.94. The number of rotatable bonds is 6. The molecule has 0 fully saturated rings. The highest BCUT2D eigenvalue weighted by Gasteiger charge is 2.20. The minimum absolute atomic E-state index is 0. The maximum absolute atomic E-state index is 5.40. The molecule has 0 radical (unpaired) electrons. The highest BCUT2D eigenvalue weighted by Crippen LogP contribution is 2.08. The van der Waals surface area contributed by atoms with Crippen LogP contribution >= 0.6 is 28.7 Å². The molecule has 0 rings (SSSR count). The van der Waals surface area contributed by atoms with Gasteiger partial charge in [0.25, 0.3) is 5.17 Å². The Balaban J connectivity index is -0.000000720. The van der Waals surface area contributed by atoms with E-state index in [0.717, 1.165) is 12.3 Å². The van der Waals surface area contributed by atoms with Crippen LogP contribution in [0.1, 0.15) is 20.8 Å². The summed E-state index contributed by atoms with van der Waals surface area (Å²) in [5.41, 5.74) is 5.40. The van der Waals surface area contributed by atoms with Crippen LogP contribution in [0, 0.1) is 0 Å². The minimum atomic E-state index is 0. The molecule has 0 atom stereocenters. The van der Waals surface area contributed by atoms with Crippen molar-refractivity contribution in [2.45, 2.75) is 20.8 Å². The van der Waals surface area contributed by atoms with Crippen LogP contribution in [0.4, 0.5) is 0 Å². The number of amidine groups is 1. The fourth-order valence-electron chi connectivity index (χ4n) is 1.50. The number of quaternary nitrogens is 1. The maximum atomic E-state index is 5.40. The van der Waals surface area contributed by atoms with E-state index in [9.17, 15) is 0 Å². The fraction of sp³-hybridized carbons (Fsp3) is 0.889. The van der Waals surface area contributed by atoms with Crippen molar-refractivity contribution < 1.29 is 26.9 Å². The Labute approximate surface area is 119 Å². The Morgan fingerprint density at radius 1 is 1.20 bits per heavy atom. The van der Waals surface area contributed by atoms with E-state index in [1.54, 1.807) is 11.8 Å². The molecule has 15 heavy (non-hydrogen) atoms. The first-order valence-electron chi connectivity index (χ1n) is 4.96. The van der Waals surface area contributed by atoms with Gasteiger partial charge in [0.05, 0.1) is 31.9 Å². The van der Waals surface area contributed by atoms with E-state index >= 15 is 0 Å². The molecule has 0 bridgehead atoms. The summed E-state index contributed by atoms with van der Waals surface area (Å²) in [4.78, 5) is 0. The van der Waals surface area contributed by atoms with Crippen LogP contribution in [-0.4, -0.2) is 41.6 Å². The van der Waals surface area contributed by atoms with Crippen molar-refractivity contribution in [2.24, 2.45) is 5.73 Å². The smallest absolute Gasteiger partial charge is 0.299 e. The number of nitrogens with two attached hydrogens (primary N) is 2. The van der Waals surface area contributed by atoms with Gasteiger partial charge in [0.1, 0.15) is 0 Å². The van der Waals surface area contributed by atoms with Gasteiger partial charge in [0.15, 0.2) is 0 Å². The largest absolute Gasteiger partial charge is 1.00 e. The molecule has 0 aromatic carbocycles. The Kier molecular flexibility index (Phi) is 15.8. The lowest BCUT2D eigenvalue weighted by Crippen LogP contribution is -3.00. The Morgan fingerprint density at radius 2 is 1.60 bits per heavy atom. The molecule has 0 aromatic rings. The van der Waals surface area contributed by atoms with E-state index < -0.39 is 0 Å². The van der Waals surface area contributed by atoms with Crippen molar-refractivity contribution in [3.63, 3.8) is 0 Å². The van der Waals surface area contributed by atoms with E-state index in [4.69, 9.17) is 11.1 Å². The molecule has 0 aromatic heterocycles. The van der Waals surface area contributed by atoms with Crippen molar-refractivity contribution in [1.29, 1.82) is 0 Å². The lowest BCUT2D eigenvalue weighted by molar-refractivity contribution is -0.920. The normalized spacial score (nSPS) is 10.1. The molecule has 0 spiro atoms. The summed E-state index contributed by atoms with van der Waals surface area (Å²) in [5.74, 6) is 1.03. The van der Waals surface area contributed by atoms with Crippen molar-refractivity contribution >= 4 is 33.9 Å². The van der Waals surface area contributed by atoms with Gasteiger partial charge in [-0.15, -0.1) is 17.0 Å². The Morgan fingerprint density at radius 3 is 1.87 bits per heavy atom. The van der Waals surface area contributed by atoms with Gasteiger partial charge in [0, 0.05) is 0 Å². The molecule has 4 N–H and O–H groups in total. The average Bonchev–Trinajstić information content (AvgIpc) is 2.13. The van der Waals surface area contributed by atoms with E-state index in [1.807, 2.05) is 0 Å². The highest BCUT2D eigenvalue weighted by atomic mass is 79.9. The van der Waals surface area contributed by atoms with Gasteiger partial charge < -0.3 is 21.5 Å². The summed E-state index contributed by atoms with van der Waals surface area (Å²) < 4.78 is 1.17. The second-order valence-electron chi connectivity index (χ2n) is 3.26. The van der Waals surface area contributed by atoms with Crippen LogP contribution in [0.25, 0.3) is 0 Å². The number of halogens is 2. The third-order valence-corrected chi connectivity index (χ3v) is 3.57. The third kappa shape index (κ3) is 8.54. The van der Waals surface area contributed by atoms with Crippen LogP contribution in [0.5, 0.6) is 0 Å². The van der Waals surface area contributed by atoms with Crippen molar-refractivity contribution in [1.82, 2.24) is 0 Å². The minimum Gasteiger partial charge on any atom is -1.00 e. The predicted molar refractivity (Wildman–Crippen MR) is 70.7 cm³/mol. The zero-order valence-electron chi connectivity index (χ0n) is 9.83. The van der Waals surface area contributed by atoms with Gasteiger partial charge in [-0.3, -0.25) is 11.1 Å². The second-order valence-corrected chi connectivity index (χ2v) is 4.43. The molecule has 0 aliphatic carbocycles.